The Morgan fingerprint density at radius 1 is 1.38 bits per heavy atom. The molecule has 0 spiro atoms. The molecule has 16 heavy (non-hydrogen) atoms. The topological polar surface area (TPSA) is 43.4 Å². The zero-order chi connectivity index (χ0) is 12.6. The summed E-state index contributed by atoms with van der Waals surface area (Å²) in [4.78, 5) is 12.2. The molecular weight excluding hydrogens is 340 g/mol. The molecule has 0 aromatic carbocycles. The van der Waals surface area contributed by atoms with E-state index in [0.717, 1.165) is 0 Å². The number of nitrogens with zero attached hydrogens (tertiary/aromatic N) is 1. The summed E-state index contributed by atoms with van der Waals surface area (Å²) < 4.78 is 12.9. The molecule has 3 nitrogen and oxygen atoms in total. The van der Waals surface area contributed by atoms with Gasteiger partial charge in [0.05, 0.1) is 0 Å². The maximum atomic E-state index is 12.2. The highest BCUT2D eigenvalue weighted by molar-refractivity contribution is 8.25. The van der Waals surface area contributed by atoms with Crippen molar-refractivity contribution in [1.82, 2.24) is 4.31 Å². The largest absolute Gasteiger partial charge is 0.590 e. The third-order valence-corrected chi connectivity index (χ3v) is 15.7. The van der Waals surface area contributed by atoms with E-state index in [0.29, 0.717) is 0 Å². The van der Waals surface area contributed by atoms with Crippen molar-refractivity contribution in [2.24, 2.45) is 0 Å². The normalized spacial score (nSPS) is 36.0. The van der Waals surface area contributed by atoms with Crippen molar-refractivity contribution in [3.63, 3.8) is 0 Å². The zero-order valence-corrected chi connectivity index (χ0v) is 15.4. The summed E-state index contributed by atoms with van der Waals surface area (Å²) in [6.45, 7) is 0. The monoisotopic (exact) mass is 353 g/mol. The lowest BCUT2D eigenvalue weighted by atomic mass is 10.4. The molecule has 1 aliphatic heterocycles. The molecule has 10 heteroatoms. The van der Waals surface area contributed by atoms with Crippen molar-refractivity contribution in [1.29, 1.82) is 0 Å². The Balaban J connectivity index is 3.47. The van der Waals surface area contributed by atoms with Crippen LogP contribution in [0.25, 0.3) is 0 Å². The third-order valence-electron chi connectivity index (χ3n) is 2.66. The average Bonchev–Trinajstić information content (AvgIpc) is 2.48. The van der Waals surface area contributed by atoms with Gasteiger partial charge < -0.3 is 4.55 Å². The van der Waals surface area contributed by atoms with Gasteiger partial charge in [-0.05, 0) is 27.2 Å². The summed E-state index contributed by atoms with van der Waals surface area (Å²) in [7, 11) is 0.828. The van der Waals surface area contributed by atoms with Crippen molar-refractivity contribution in [2.45, 2.75) is 9.10 Å². The highest BCUT2D eigenvalue weighted by atomic mass is 32.4. The molecule has 0 radical (unpaired) electrons. The second kappa shape index (κ2) is 5.93. The maximum Gasteiger partial charge on any atom is 0.378 e. The van der Waals surface area contributed by atoms with Crippen LogP contribution >= 0.6 is 38.2 Å². The molecule has 94 valence electrons. The Bertz CT molecular complexity index is 329. The van der Waals surface area contributed by atoms with Gasteiger partial charge in [0.2, 0.25) is 4.08 Å². The Kier molecular flexibility index (Phi) is 5.93. The van der Waals surface area contributed by atoms with Crippen molar-refractivity contribution in [2.75, 3.05) is 19.6 Å². The Labute approximate surface area is 120 Å². The van der Waals surface area contributed by atoms with Crippen LogP contribution in [0.2, 0.25) is 0 Å². The minimum Gasteiger partial charge on any atom is -0.590 e. The number of rotatable bonds is 4. The second-order valence-corrected chi connectivity index (χ2v) is 11.1. The standard InChI is InChI=1S/C6H13NO2P2S5/c1-7-6(10-12,11-13)5(14-2,15-3)4(8)16(7)9/h10-11H2,1-3H3. The van der Waals surface area contributed by atoms with Crippen LogP contribution in [0.4, 0.5) is 0 Å². The number of thioether (sulfide) groups is 2. The molecule has 1 fully saturated rings. The first-order valence-electron chi connectivity index (χ1n) is 4.20. The molecule has 0 aromatic heterocycles. The SMILES string of the molecule is CSC1(SC)C(=O)[S+]([O-])N(C)C1([PH2]=S)[PH2]=S. The van der Waals surface area contributed by atoms with E-state index in [1.54, 1.807) is 11.4 Å². The minimum atomic E-state index is -1.59. The van der Waals surface area contributed by atoms with Crippen LogP contribution < -0.4 is 0 Å². The number of carbonyl (C=O) groups excluding carboxylic acids is 1. The summed E-state index contributed by atoms with van der Waals surface area (Å²) in [5.74, 6) is 0. The number of carbonyl (C=O) groups is 1. The summed E-state index contributed by atoms with van der Waals surface area (Å²) in [6.07, 6.45) is 3.74. The van der Waals surface area contributed by atoms with E-state index in [2.05, 4.69) is 0 Å². The van der Waals surface area contributed by atoms with Gasteiger partial charge >= 0.3 is 5.12 Å². The first-order valence-corrected chi connectivity index (χ1v) is 12.7. The van der Waals surface area contributed by atoms with Crippen LogP contribution in [0.15, 0.2) is 0 Å². The van der Waals surface area contributed by atoms with Crippen LogP contribution in [-0.4, -0.2) is 42.6 Å². The number of hydrogen-bond acceptors (Lipinski definition) is 7. The summed E-state index contributed by atoms with van der Waals surface area (Å²) in [5, 5.41) is -0.733. The Morgan fingerprint density at radius 2 is 1.81 bits per heavy atom. The summed E-state index contributed by atoms with van der Waals surface area (Å²) in [6, 6.07) is 0. The maximum absolute atomic E-state index is 12.2. The molecule has 0 amide bonds. The summed E-state index contributed by atoms with van der Waals surface area (Å²) >= 11 is 11.8. The van der Waals surface area contributed by atoms with Crippen molar-refractivity contribution >= 4 is 78.3 Å². The van der Waals surface area contributed by atoms with Crippen LogP contribution in [0.5, 0.6) is 0 Å². The van der Waals surface area contributed by atoms with E-state index in [-0.39, 0.29) is 5.12 Å². The first-order chi connectivity index (χ1) is 7.47. The lowest BCUT2D eigenvalue weighted by Gasteiger charge is -2.35. The van der Waals surface area contributed by atoms with Gasteiger partial charge in [-0.2, -0.15) is 0 Å². The molecule has 0 aromatic rings. The van der Waals surface area contributed by atoms with Crippen molar-refractivity contribution < 1.29 is 9.35 Å². The molecule has 0 aliphatic carbocycles. The molecular formula is C6H13NO2P2S5. The average molecular weight is 353 g/mol. The van der Waals surface area contributed by atoms with Gasteiger partial charge in [0.1, 0.15) is 16.4 Å². The van der Waals surface area contributed by atoms with E-state index >= 15 is 0 Å². The molecule has 1 rings (SSSR count). The second-order valence-electron chi connectivity index (χ2n) is 3.12. The molecule has 0 saturated carbocycles. The van der Waals surface area contributed by atoms with Crippen LogP contribution in [0, 0.1) is 0 Å². The highest BCUT2D eigenvalue weighted by Gasteiger charge is 2.70. The van der Waals surface area contributed by atoms with E-state index in [1.807, 2.05) is 12.5 Å². The predicted octanol–water partition coefficient (Wildman–Crippen LogP) is 0.944. The highest BCUT2D eigenvalue weighted by Crippen LogP contribution is 2.63. The molecule has 1 aliphatic rings. The fraction of sp³-hybridized carbons (Fsp3) is 0.833. The predicted molar refractivity (Wildman–Crippen MR) is 87.6 cm³/mol. The van der Waals surface area contributed by atoms with Gasteiger partial charge in [-0.25, -0.2) is 4.79 Å². The first kappa shape index (κ1) is 16.0. The van der Waals surface area contributed by atoms with Gasteiger partial charge in [-0.15, -0.1) is 51.4 Å². The molecule has 1 saturated heterocycles. The molecule has 3 atom stereocenters. The molecule has 3 unspecified atom stereocenters. The van der Waals surface area contributed by atoms with E-state index in [4.69, 9.17) is 23.6 Å². The van der Waals surface area contributed by atoms with Crippen molar-refractivity contribution in [3.8, 4) is 0 Å². The molecule has 0 bridgehead atoms. The van der Waals surface area contributed by atoms with Gasteiger partial charge in [-0.1, -0.05) is 0 Å². The van der Waals surface area contributed by atoms with Gasteiger partial charge in [-0.3, -0.25) is 0 Å². The fourth-order valence-corrected chi connectivity index (χ4v) is 15.3. The van der Waals surface area contributed by atoms with Crippen LogP contribution in [0.1, 0.15) is 0 Å². The van der Waals surface area contributed by atoms with Gasteiger partial charge in [0.25, 0.3) is 0 Å². The lowest BCUT2D eigenvalue weighted by Crippen LogP contribution is -2.46. The third kappa shape index (κ3) is 1.93. The Morgan fingerprint density at radius 3 is 2.06 bits per heavy atom. The minimum absolute atomic E-state index is 0.232. The summed E-state index contributed by atoms with van der Waals surface area (Å²) in [5.41, 5.74) is 0. The van der Waals surface area contributed by atoms with E-state index < -0.39 is 35.2 Å². The van der Waals surface area contributed by atoms with E-state index in [9.17, 15) is 9.35 Å². The molecule has 0 N–H and O–H groups in total. The lowest BCUT2D eigenvalue weighted by molar-refractivity contribution is -0.111. The Hall–Kier alpha value is 1.94. The van der Waals surface area contributed by atoms with Crippen molar-refractivity contribution in [3.05, 3.63) is 0 Å². The molecule has 1 heterocycles. The quantitative estimate of drug-likeness (QED) is 0.423. The zero-order valence-electron chi connectivity index (χ0n) is 8.96. The van der Waals surface area contributed by atoms with Crippen LogP contribution in [-0.2, 0) is 39.8 Å². The van der Waals surface area contributed by atoms with Gasteiger partial charge in [0.15, 0.2) is 0 Å². The smallest absolute Gasteiger partial charge is 0.378 e. The fourth-order valence-electron chi connectivity index (χ4n) is 1.66. The number of hydrogen-bond donors (Lipinski definition) is 0. The van der Waals surface area contributed by atoms with Gasteiger partial charge in [0, 0.05) is 7.05 Å². The van der Waals surface area contributed by atoms with E-state index in [1.165, 1.54) is 23.5 Å². The van der Waals surface area contributed by atoms with Crippen LogP contribution in [0.3, 0.4) is 0 Å².